The van der Waals surface area contributed by atoms with Crippen LogP contribution in [0.25, 0.3) is 0 Å². The molecule has 0 fully saturated rings. The summed E-state index contributed by atoms with van der Waals surface area (Å²) in [6.07, 6.45) is -5.37. The van der Waals surface area contributed by atoms with Crippen LogP contribution in [0.1, 0.15) is 6.92 Å². The Bertz CT molecular complexity index is 813. The van der Waals surface area contributed by atoms with E-state index < -0.39 is 29.7 Å². The molecule has 150 valence electrons. The molecule has 0 aromatic heterocycles. The molecule has 2 N–H and O–H groups in total. The number of alkyl halides is 3. The highest BCUT2D eigenvalue weighted by atomic mass is 19.4. The number of carbonyl (C=O) groups is 2. The van der Waals surface area contributed by atoms with E-state index >= 15 is 0 Å². The molecule has 0 aliphatic heterocycles. The van der Waals surface area contributed by atoms with Gasteiger partial charge in [-0.15, -0.1) is 0 Å². The number of benzene rings is 2. The molecule has 0 unspecified atom stereocenters. The van der Waals surface area contributed by atoms with E-state index in [1.54, 1.807) is 0 Å². The summed E-state index contributed by atoms with van der Waals surface area (Å²) in [7, 11) is 0. The normalized spacial score (nSPS) is 13.2. The summed E-state index contributed by atoms with van der Waals surface area (Å²) in [6.45, 7) is 0.927. The highest BCUT2D eigenvalue weighted by Crippen LogP contribution is 2.34. The minimum atomic E-state index is -5.37. The smallest absolute Gasteiger partial charge is 0.460 e. The van der Waals surface area contributed by atoms with E-state index in [0.29, 0.717) is 0 Å². The Hall–Kier alpha value is -3.30. The van der Waals surface area contributed by atoms with Crippen molar-refractivity contribution in [2.75, 3.05) is 11.9 Å². The molecule has 1 atom stereocenters. The summed E-state index contributed by atoms with van der Waals surface area (Å²) < 4.78 is 63.9. The number of hydrogen-bond donors (Lipinski definition) is 2. The number of rotatable bonds is 6. The van der Waals surface area contributed by atoms with Crippen LogP contribution in [-0.2, 0) is 9.53 Å². The van der Waals surface area contributed by atoms with Gasteiger partial charge in [0.05, 0.1) is 6.61 Å². The van der Waals surface area contributed by atoms with Gasteiger partial charge in [0, 0.05) is 5.69 Å². The Morgan fingerprint density at radius 1 is 1.00 bits per heavy atom. The maximum Gasteiger partial charge on any atom is 0.460 e. The third-order valence-corrected chi connectivity index (χ3v) is 3.37. The topological polar surface area (TPSA) is 76.7 Å². The number of para-hydroxylation sites is 1. The van der Waals surface area contributed by atoms with Crippen molar-refractivity contribution in [2.45, 2.75) is 18.8 Å². The van der Waals surface area contributed by atoms with Crippen molar-refractivity contribution in [3.05, 3.63) is 60.4 Å². The van der Waals surface area contributed by atoms with Gasteiger partial charge >= 0.3 is 23.9 Å². The van der Waals surface area contributed by atoms with Crippen molar-refractivity contribution in [1.82, 2.24) is 5.32 Å². The molecule has 2 amide bonds. The molecule has 0 heterocycles. The summed E-state index contributed by atoms with van der Waals surface area (Å²) in [5.41, 5.74) is -3.80. The summed E-state index contributed by atoms with van der Waals surface area (Å²) in [6, 6.07) is 9.52. The molecule has 0 aliphatic rings. The largest absolute Gasteiger partial charge is 0.461 e. The molecule has 2 rings (SSSR count). The van der Waals surface area contributed by atoms with Crippen LogP contribution < -0.4 is 15.4 Å². The Morgan fingerprint density at radius 3 is 2.14 bits per heavy atom. The van der Waals surface area contributed by atoms with Gasteiger partial charge in [0.2, 0.25) is 0 Å². The van der Waals surface area contributed by atoms with E-state index in [1.807, 2.05) is 0 Å². The van der Waals surface area contributed by atoms with Gasteiger partial charge in [-0.25, -0.2) is 14.0 Å². The van der Waals surface area contributed by atoms with Crippen LogP contribution in [0.15, 0.2) is 54.6 Å². The van der Waals surface area contributed by atoms with Gasteiger partial charge in [-0.1, -0.05) is 18.2 Å². The van der Waals surface area contributed by atoms with Crippen LogP contribution in [0.4, 0.5) is 28.0 Å². The first kappa shape index (κ1) is 21.0. The lowest BCUT2D eigenvalue weighted by Crippen LogP contribution is -2.69. The number of carbonyl (C=O) groups excluding carboxylic acids is 2. The minimum absolute atomic E-state index is 0.00135. The van der Waals surface area contributed by atoms with Gasteiger partial charge in [0.15, 0.2) is 0 Å². The Morgan fingerprint density at radius 2 is 1.61 bits per heavy atom. The van der Waals surface area contributed by atoms with Crippen LogP contribution in [0.5, 0.6) is 5.75 Å². The van der Waals surface area contributed by atoms with Crippen molar-refractivity contribution < 1.29 is 36.6 Å². The molecule has 0 aliphatic carbocycles. The van der Waals surface area contributed by atoms with Crippen molar-refractivity contribution in [2.24, 2.45) is 0 Å². The first-order valence-electron chi connectivity index (χ1n) is 8.00. The van der Waals surface area contributed by atoms with Crippen molar-refractivity contribution >= 4 is 17.7 Å². The number of halogens is 4. The number of ether oxygens (including phenoxy) is 2. The molecular weight excluding hydrogens is 384 g/mol. The standard InChI is InChI=1S/C18H16F4N2O4/c1-2-27-15(25)17(18(20,21)22,28-14-6-4-3-5-7-14)24-16(26)23-13-10-8-12(19)9-11-13/h3-11H,2H2,1H3,(H2,23,24,26)/t17-/m1/s1. The van der Waals surface area contributed by atoms with Crippen LogP contribution >= 0.6 is 0 Å². The quantitative estimate of drug-likeness (QED) is 0.439. The molecule has 2 aromatic carbocycles. The van der Waals surface area contributed by atoms with Crippen LogP contribution in [0, 0.1) is 5.82 Å². The molecule has 28 heavy (non-hydrogen) atoms. The number of anilines is 1. The second-order valence-corrected chi connectivity index (χ2v) is 5.40. The molecular formula is C18H16F4N2O4. The fraction of sp³-hybridized carbons (Fsp3) is 0.222. The third-order valence-electron chi connectivity index (χ3n) is 3.37. The van der Waals surface area contributed by atoms with Crippen LogP contribution in [0.3, 0.4) is 0 Å². The summed E-state index contributed by atoms with van der Waals surface area (Å²) in [5.74, 6) is -2.77. The lowest BCUT2D eigenvalue weighted by molar-refractivity contribution is -0.259. The summed E-state index contributed by atoms with van der Waals surface area (Å²) >= 11 is 0. The van der Waals surface area contributed by atoms with Crippen molar-refractivity contribution in [3.63, 3.8) is 0 Å². The van der Waals surface area contributed by atoms with Crippen LogP contribution in [0.2, 0.25) is 0 Å². The Labute approximate surface area is 157 Å². The Kier molecular flexibility index (Phi) is 6.45. The number of amides is 2. The van der Waals surface area contributed by atoms with Crippen molar-refractivity contribution in [1.29, 1.82) is 0 Å². The van der Waals surface area contributed by atoms with Gasteiger partial charge in [-0.3, -0.25) is 5.32 Å². The third kappa shape index (κ3) is 4.90. The van der Waals surface area contributed by atoms with Crippen LogP contribution in [-0.4, -0.2) is 30.5 Å². The predicted molar refractivity (Wildman–Crippen MR) is 91.0 cm³/mol. The van der Waals surface area contributed by atoms with E-state index in [-0.39, 0.29) is 18.0 Å². The Balaban J connectivity index is 2.36. The molecule has 0 saturated carbocycles. The van der Waals surface area contributed by atoms with Gasteiger partial charge in [0.25, 0.3) is 0 Å². The van der Waals surface area contributed by atoms with E-state index in [9.17, 15) is 27.2 Å². The maximum atomic E-state index is 13.9. The molecule has 0 bridgehead atoms. The highest BCUT2D eigenvalue weighted by Gasteiger charge is 2.66. The molecule has 6 nitrogen and oxygen atoms in total. The monoisotopic (exact) mass is 400 g/mol. The lowest BCUT2D eigenvalue weighted by Gasteiger charge is -2.33. The summed E-state index contributed by atoms with van der Waals surface area (Å²) in [5, 5.41) is 3.58. The minimum Gasteiger partial charge on any atom is -0.461 e. The zero-order chi connectivity index (χ0) is 20.8. The average molecular weight is 400 g/mol. The second-order valence-electron chi connectivity index (χ2n) is 5.40. The highest BCUT2D eigenvalue weighted by molar-refractivity contribution is 5.94. The van der Waals surface area contributed by atoms with E-state index in [0.717, 1.165) is 24.3 Å². The molecule has 10 heteroatoms. The number of hydrogen-bond acceptors (Lipinski definition) is 4. The fourth-order valence-corrected chi connectivity index (χ4v) is 2.12. The average Bonchev–Trinajstić information content (AvgIpc) is 2.63. The lowest BCUT2D eigenvalue weighted by atomic mass is 10.2. The van der Waals surface area contributed by atoms with E-state index in [1.165, 1.54) is 42.6 Å². The van der Waals surface area contributed by atoms with E-state index in [4.69, 9.17) is 4.74 Å². The SMILES string of the molecule is CCOC(=O)[C@@](NC(=O)Nc1ccc(F)cc1)(Oc1ccccc1)C(F)(F)F. The first-order valence-corrected chi connectivity index (χ1v) is 8.00. The van der Waals surface area contributed by atoms with Gasteiger partial charge in [-0.05, 0) is 43.3 Å². The number of nitrogens with one attached hydrogen (secondary N) is 2. The number of urea groups is 1. The van der Waals surface area contributed by atoms with Gasteiger partial charge < -0.3 is 14.8 Å². The van der Waals surface area contributed by atoms with Crippen molar-refractivity contribution in [3.8, 4) is 5.75 Å². The zero-order valence-corrected chi connectivity index (χ0v) is 14.5. The number of esters is 1. The van der Waals surface area contributed by atoms with Gasteiger partial charge in [-0.2, -0.15) is 13.2 Å². The maximum absolute atomic E-state index is 13.9. The predicted octanol–water partition coefficient (Wildman–Crippen LogP) is 3.85. The summed E-state index contributed by atoms with van der Waals surface area (Å²) in [4.78, 5) is 24.3. The fourth-order valence-electron chi connectivity index (χ4n) is 2.12. The first-order chi connectivity index (χ1) is 13.2. The molecule has 0 saturated heterocycles. The van der Waals surface area contributed by atoms with Gasteiger partial charge in [0.1, 0.15) is 11.6 Å². The molecule has 2 aromatic rings. The zero-order valence-electron chi connectivity index (χ0n) is 14.5. The van der Waals surface area contributed by atoms with E-state index in [2.05, 4.69) is 10.1 Å². The molecule has 0 spiro atoms. The molecule has 0 radical (unpaired) electrons. The second kappa shape index (κ2) is 8.59.